The molecule has 0 aliphatic heterocycles. The standard InChI is InChI=1S/C47H30N4/c1-4-14-31(15-5-1)32-24-26-35(27-25-32)46-48-45(34-18-8-3-9-19-34)49-47(50-46)36-28-29-38-40(30-36)37-20-10-12-22-41(37)51-42-23-13-11-21-39(42)43(44(38)51)33-16-6-2-7-17-33/h1-30H. The highest BCUT2D eigenvalue weighted by Crippen LogP contribution is 2.43. The maximum Gasteiger partial charge on any atom is 0.164 e. The van der Waals surface area contributed by atoms with Crippen LogP contribution in [0.4, 0.5) is 0 Å². The van der Waals surface area contributed by atoms with Crippen LogP contribution in [0.5, 0.6) is 0 Å². The van der Waals surface area contributed by atoms with Crippen LogP contribution in [0.3, 0.4) is 0 Å². The molecule has 0 saturated heterocycles. The molecular formula is C47H30N4. The minimum atomic E-state index is 0.640. The first-order chi connectivity index (χ1) is 25.3. The number of aromatic nitrogens is 4. The lowest BCUT2D eigenvalue weighted by molar-refractivity contribution is 1.07. The van der Waals surface area contributed by atoms with Gasteiger partial charge in [0.05, 0.1) is 16.6 Å². The highest BCUT2D eigenvalue weighted by atomic mass is 15.0. The fourth-order valence-electron chi connectivity index (χ4n) is 7.44. The lowest BCUT2D eigenvalue weighted by atomic mass is 9.97. The zero-order valence-electron chi connectivity index (χ0n) is 27.6. The van der Waals surface area contributed by atoms with Crippen molar-refractivity contribution in [1.29, 1.82) is 0 Å². The highest BCUT2D eigenvalue weighted by Gasteiger charge is 2.20. The van der Waals surface area contributed by atoms with E-state index in [1.807, 2.05) is 24.3 Å². The first kappa shape index (κ1) is 29.0. The Kier molecular flexibility index (Phi) is 6.78. The van der Waals surface area contributed by atoms with E-state index in [9.17, 15) is 0 Å². The third-order valence-corrected chi connectivity index (χ3v) is 9.82. The van der Waals surface area contributed by atoms with E-state index in [1.165, 1.54) is 43.9 Å². The van der Waals surface area contributed by atoms with Gasteiger partial charge >= 0.3 is 0 Å². The average molecular weight is 651 g/mol. The topological polar surface area (TPSA) is 43.1 Å². The van der Waals surface area contributed by atoms with Crippen molar-refractivity contribution in [3.05, 3.63) is 182 Å². The van der Waals surface area contributed by atoms with Crippen molar-refractivity contribution in [3.63, 3.8) is 0 Å². The zero-order valence-corrected chi connectivity index (χ0v) is 27.6. The van der Waals surface area contributed by atoms with Gasteiger partial charge in [-0.1, -0.05) is 164 Å². The second-order valence-electron chi connectivity index (χ2n) is 12.8. The Balaban J connectivity index is 1.21. The predicted octanol–water partition coefficient (Wildman–Crippen LogP) is 11.9. The number of rotatable bonds is 5. The third kappa shape index (κ3) is 4.88. The molecule has 0 saturated carbocycles. The summed E-state index contributed by atoms with van der Waals surface area (Å²) in [6.45, 7) is 0. The molecule has 4 heteroatoms. The van der Waals surface area contributed by atoms with Crippen LogP contribution in [0.15, 0.2) is 182 Å². The Morgan fingerprint density at radius 3 is 1.37 bits per heavy atom. The number of nitrogens with zero attached hydrogens (tertiary/aromatic N) is 4. The number of hydrogen-bond donors (Lipinski definition) is 0. The van der Waals surface area contributed by atoms with Gasteiger partial charge in [-0.05, 0) is 40.3 Å². The minimum Gasteiger partial charge on any atom is -0.308 e. The average Bonchev–Trinajstić information content (AvgIpc) is 3.57. The molecule has 0 unspecified atom stereocenters. The molecule has 0 fully saturated rings. The molecule has 51 heavy (non-hydrogen) atoms. The second-order valence-corrected chi connectivity index (χ2v) is 12.8. The molecule has 0 spiro atoms. The van der Waals surface area contributed by atoms with Crippen molar-refractivity contribution in [2.24, 2.45) is 0 Å². The van der Waals surface area contributed by atoms with Crippen LogP contribution in [-0.4, -0.2) is 19.4 Å². The summed E-state index contributed by atoms with van der Waals surface area (Å²) in [5, 5.41) is 4.75. The van der Waals surface area contributed by atoms with Crippen LogP contribution in [-0.2, 0) is 0 Å². The van der Waals surface area contributed by atoms with Gasteiger partial charge in [0.2, 0.25) is 0 Å². The predicted molar refractivity (Wildman–Crippen MR) is 210 cm³/mol. The van der Waals surface area contributed by atoms with Crippen molar-refractivity contribution in [2.45, 2.75) is 0 Å². The molecule has 3 heterocycles. The zero-order chi connectivity index (χ0) is 33.7. The van der Waals surface area contributed by atoms with Crippen molar-refractivity contribution >= 4 is 38.1 Å². The van der Waals surface area contributed by atoms with E-state index in [0.717, 1.165) is 33.2 Å². The van der Waals surface area contributed by atoms with Gasteiger partial charge in [0, 0.05) is 38.4 Å². The molecule has 238 valence electrons. The lowest BCUT2D eigenvalue weighted by Crippen LogP contribution is -2.00. The fourth-order valence-corrected chi connectivity index (χ4v) is 7.44. The molecule has 0 bridgehead atoms. The molecule has 7 aromatic carbocycles. The summed E-state index contributed by atoms with van der Waals surface area (Å²) in [5.41, 5.74) is 11.1. The van der Waals surface area contributed by atoms with E-state index in [1.54, 1.807) is 0 Å². The Bertz CT molecular complexity index is 2880. The van der Waals surface area contributed by atoms with Crippen molar-refractivity contribution in [1.82, 2.24) is 19.4 Å². The van der Waals surface area contributed by atoms with Crippen LogP contribution >= 0.6 is 0 Å². The van der Waals surface area contributed by atoms with Crippen molar-refractivity contribution in [3.8, 4) is 56.4 Å². The number of benzene rings is 7. The van der Waals surface area contributed by atoms with Gasteiger partial charge in [-0.2, -0.15) is 0 Å². The normalized spacial score (nSPS) is 11.5. The summed E-state index contributed by atoms with van der Waals surface area (Å²) in [4.78, 5) is 15.2. The van der Waals surface area contributed by atoms with Gasteiger partial charge in [-0.3, -0.25) is 0 Å². The molecule has 0 atom stereocenters. The van der Waals surface area contributed by atoms with Crippen LogP contribution < -0.4 is 0 Å². The van der Waals surface area contributed by atoms with Gasteiger partial charge < -0.3 is 4.40 Å². The van der Waals surface area contributed by atoms with E-state index in [0.29, 0.717) is 17.5 Å². The highest BCUT2D eigenvalue weighted by molar-refractivity contribution is 6.22. The van der Waals surface area contributed by atoms with Crippen LogP contribution in [0.1, 0.15) is 0 Å². The van der Waals surface area contributed by atoms with E-state index in [4.69, 9.17) is 15.0 Å². The van der Waals surface area contributed by atoms with Gasteiger partial charge in [0.15, 0.2) is 17.5 Å². The maximum atomic E-state index is 5.12. The third-order valence-electron chi connectivity index (χ3n) is 9.82. The summed E-state index contributed by atoms with van der Waals surface area (Å²) in [6, 6.07) is 63.9. The largest absolute Gasteiger partial charge is 0.308 e. The smallest absolute Gasteiger partial charge is 0.164 e. The summed E-state index contributed by atoms with van der Waals surface area (Å²) >= 11 is 0. The molecule has 0 aliphatic rings. The van der Waals surface area contributed by atoms with E-state index in [2.05, 4.69) is 162 Å². The summed E-state index contributed by atoms with van der Waals surface area (Å²) in [6.07, 6.45) is 0. The monoisotopic (exact) mass is 650 g/mol. The molecule has 10 aromatic rings. The van der Waals surface area contributed by atoms with E-state index >= 15 is 0 Å². The van der Waals surface area contributed by atoms with Crippen LogP contribution in [0.25, 0.3) is 94.5 Å². The minimum absolute atomic E-state index is 0.640. The van der Waals surface area contributed by atoms with Crippen LogP contribution in [0, 0.1) is 0 Å². The maximum absolute atomic E-state index is 5.12. The Labute approximate surface area is 295 Å². The SMILES string of the molecule is c1ccc(-c2ccc(-c3nc(-c4ccccc4)nc(-c4ccc5c(c4)c4ccccc4n4c6ccccc6c(-c6ccccc6)c54)n3)cc2)cc1. The summed E-state index contributed by atoms with van der Waals surface area (Å²) in [7, 11) is 0. The molecule has 0 radical (unpaired) electrons. The first-order valence-electron chi connectivity index (χ1n) is 17.2. The molecule has 10 rings (SSSR count). The van der Waals surface area contributed by atoms with Crippen molar-refractivity contribution in [2.75, 3.05) is 0 Å². The quantitative estimate of drug-likeness (QED) is 0.174. The van der Waals surface area contributed by atoms with E-state index < -0.39 is 0 Å². The van der Waals surface area contributed by atoms with E-state index in [-0.39, 0.29) is 0 Å². The van der Waals surface area contributed by atoms with Gasteiger partial charge in [0.1, 0.15) is 0 Å². The number of hydrogen-bond acceptors (Lipinski definition) is 3. The molecule has 0 N–H and O–H groups in total. The number of fused-ring (bicyclic) bond motifs is 8. The van der Waals surface area contributed by atoms with Gasteiger partial charge in [-0.15, -0.1) is 0 Å². The molecule has 3 aromatic heterocycles. The number of pyridine rings is 1. The Morgan fingerprint density at radius 1 is 0.294 bits per heavy atom. The second kappa shape index (κ2) is 11.9. The molecule has 0 aliphatic carbocycles. The first-order valence-corrected chi connectivity index (χ1v) is 17.2. The van der Waals surface area contributed by atoms with Gasteiger partial charge in [0.25, 0.3) is 0 Å². The Hall–Kier alpha value is -6.91. The summed E-state index contributed by atoms with van der Waals surface area (Å²) < 4.78 is 2.43. The molecule has 0 amide bonds. The fraction of sp³-hybridized carbons (Fsp3) is 0. The number of para-hydroxylation sites is 2. The van der Waals surface area contributed by atoms with Crippen LogP contribution in [0.2, 0.25) is 0 Å². The Morgan fingerprint density at radius 2 is 0.725 bits per heavy atom. The van der Waals surface area contributed by atoms with Crippen molar-refractivity contribution < 1.29 is 0 Å². The van der Waals surface area contributed by atoms with Gasteiger partial charge in [-0.25, -0.2) is 15.0 Å². The molecular weight excluding hydrogens is 621 g/mol. The lowest BCUT2D eigenvalue weighted by Gasteiger charge is -2.13. The molecule has 4 nitrogen and oxygen atoms in total. The summed E-state index contributed by atoms with van der Waals surface area (Å²) in [5.74, 6) is 1.93.